The summed E-state index contributed by atoms with van der Waals surface area (Å²) in [5, 5.41) is 8.75. The Labute approximate surface area is 210 Å². The molecular weight excluding hydrogens is 444 g/mol. The Balaban J connectivity index is 1.45. The second-order valence-corrected chi connectivity index (χ2v) is 8.72. The number of carbonyl (C=O) groups is 1. The van der Waals surface area contributed by atoms with Crippen LogP contribution in [0.15, 0.2) is 114 Å². The first-order valence-corrected chi connectivity index (χ1v) is 11.8. The summed E-state index contributed by atoms with van der Waals surface area (Å²) in [5.74, 6) is -0.369. The van der Waals surface area contributed by atoms with Gasteiger partial charge in [-0.2, -0.15) is 10.2 Å². The van der Waals surface area contributed by atoms with Gasteiger partial charge in [-0.15, -0.1) is 0 Å². The van der Waals surface area contributed by atoms with Gasteiger partial charge in [0.25, 0.3) is 5.91 Å². The van der Waals surface area contributed by atoms with Crippen LogP contribution in [0.25, 0.3) is 28.1 Å². The number of hydrogen-bond donors (Lipinski definition) is 1. The first kappa shape index (κ1) is 23.0. The molecule has 0 atom stereocenters. The molecule has 0 bridgehead atoms. The molecule has 0 fully saturated rings. The van der Waals surface area contributed by atoms with Crippen LogP contribution in [0.2, 0.25) is 0 Å². The lowest BCUT2D eigenvalue weighted by molar-refractivity contribution is 0.0949. The van der Waals surface area contributed by atoms with Gasteiger partial charge < -0.3 is 0 Å². The summed E-state index contributed by atoms with van der Waals surface area (Å²) in [4.78, 5) is 12.9. The highest BCUT2D eigenvalue weighted by Gasteiger charge is 2.17. The lowest BCUT2D eigenvalue weighted by Crippen LogP contribution is -2.18. The molecule has 0 aliphatic heterocycles. The Morgan fingerprint density at radius 2 is 1.33 bits per heavy atom. The van der Waals surface area contributed by atoms with Crippen LogP contribution in [0.1, 0.15) is 27.2 Å². The maximum Gasteiger partial charge on any atom is 0.291 e. The van der Waals surface area contributed by atoms with Gasteiger partial charge in [-0.25, -0.2) is 10.1 Å². The Morgan fingerprint density at radius 3 is 2.00 bits per heavy atom. The number of hydrazone groups is 1. The van der Waals surface area contributed by atoms with Crippen molar-refractivity contribution in [1.29, 1.82) is 0 Å². The maximum atomic E-state index is 12.9. The van der Waals surface area contributed by atoms with Crippen LogP contribution in [0.3, 0.4) is 0 Å². The zero-order valence-corrected chi connectivity index (χ0v) is 20.2. The molecule has 5 heteroatoms. The third-order valence-electron chi connectivity index (χ3n) is 5.97. The van der Waals surface area contributed by atoms with Crippen molar-refractivity contribution in [3.63, 3.8) is 0 Å². The Morgan fingerprint density at radius 1 is 0.750 bits per heavy atom. The van der Waals surface area contributed by atoms with Gasteiger partial charge >= 0.3 is 0 Å². The molecule has 0 saturated heterocycles. The highest BCUT2D eigenvalue weighted by molar-refractivity contribution is 5.94. The summed E-state index contributed by atoms with van der Waals surface area (Å²) in [6.07, 6.45) is 1.62. The molecule has 1 aromatic heterocycles. The molecule has 0 radical (unpaired) electrons. The summed E-state index contributed by atoms with van der Waals surface area (Å²) < 4.78 is 1.80. The highest BCUT2D eigenvalue weighted by atomic mass is 16.2. The van der Waals surface area contributed by atoms with E-state index < -0.39 is 0 Å². The largest absolute Gasteiger partial charge is 0.291 e. The number of nitrogens with zero attached hydrogens (tertiary/aromatic N) is 3. The molecule has 5 aromatic rings. The number of rotatable bonds is 6. The zero-order chi connectivity index (χ0) is 24.9. The number of hydrogen-bond acceptors (Lipinski definition) is 3. The fraction of sp³-hybridized carbons (Fsp3) is 0.0645. The summed E-state index contributed by atoms with van der Waals surface area (Å²) in [6.45, 7) is 4.07. The van der Waals surface area contributed by atoms with Crippen LogP contribution < -0.4 is 5.43 Å². The number of aryl methyl sites for hydroxylation is 2. The molecule has 0 spiro atoms. The highest BCUT2D eigenvalue weighted by Crippen LogP contribution is 2.27. The second kappa shape index (κ2) is 10.2. The normalized spacial score (nSPS) is 11.1. The van der Waals surface area contributed by atoms with E-state index in [-0.39, 0.29) is 5.91 Å². The van der Waals surface area contributed by atoms with Crippen LogP contribution >= 0.6 is 0 Å². The second-order valence-electron chi connectivity index (χ2n) is 8.72. The third kappa shape index (κ3) is 5.15. The van der Waals surface area contributed by atoms with Crippen LogP contribution in [-0.4, -0.2) is 21.9 Å². The smallest absolute Gasteiger partial charge is 0.265 e. The van der Waals surface area contributed by atoms with Gasteiger partial charge in [-0.05, 0) is 48.7 Å². The fourth-order valence-corrected chi connectivity index (χ4v) is 3.92. The zero-order valence-electron chi connectivity index (χ0n) is 20.2. The molecule has 5 nitrogen and oxygen atoms in total. The van der Waals surface area contributed by atoms with E-state index in [0.717, 1.165) is 39.2 Å². The van der Waals surface area contributed by atoms with E-state index in [0.29, 0.717) is 5.69 Å². The molecule has 4 aromatic carbocycles. The number of aromatic nitrogens is 2. The minimum absolute atomic E-state index is 0.291. The minimum Gasteiger partial charge on any atom is -0.265 e. The number of benzene rings is 4. The van der Waals surface area contributed by atoms with Gasteiger partial charge in [0.15, 0.2) is 5.69 Å². The molecule has 176 valence electrons. The SMILES string of the molecule is Cc1ccc(/C=N\NC(=O)c2cc(-c3ccc(-c4ccccc4)cc3)n(-c3ccc(C)cc3)n2)cc1. The van der Waals surface area contributed by atoms with Gasteiger partial charge in [0.1, 0.15) is 0 Å². The van der Waals surface area contributed by atoms with Crippen molar-refractivity contribution in [2.75, 3.05) is 0 Å². The molecule has 36 heavy (non-hydrogen) atoms. The number of amides is 1. The van der Waals surface area contributed by atoms with Gasteiger partial charge in [-0.1, -0.05) is 102 Å². The molecular formula is C31H26N4O. The molecule has 0 saturated carbocycles. The molecule has 0 unspecified atom stereocenters. The first-order chi connectivity index (χ1) is 17.6. The number of carbonyl (C=O) groups excluding carboxylic acids is 1. The van der Waals surface area contributed by atoms with Crippen molar-refractivity contribution >= 4 is 12.1 Å². The first-order valence-electron chi connectivity index (χ1n) is 11.8. The minimum atomic E-state index is -0.369. The summed E-state index contributed by atoms with van der Waals surface area (Å²) in [7, 11) is 0. The van der Waals surface area contributed by atoms with Crippen LogP contribution in [0.5, 0.6) is 0 Å². The van der Waals surface area contributed by atoms with E-state index >= 15 is 0 Å². The molecule has 1 heterocycles. The third-order valence-corrected chi connectivity index (χ3v) is 5.97. The van der Waals surface area contributed by atoms with Gasteiger partial charge in [0.2, 0.25) is 0 Å². The van der Waals surface area contributed by atoms with E-state index in [1.165, 1.54) is 5.56 Å². The molecule has 1 amide bonds. The van der Waals surface area contributed by atoms with E-state index in [1.54, 1.807) is 17.0 Å². The Bertz CT molecular complexity index is 1500. The van der Waals surface area contributed by atoms with Crippen molar-refractivity contribution in [3.8, 4) is 28.1 Å². The summed E-state index contributed by atoms with van der Waals surface area (Å²) >= 11 is 0. The lowest BCUT2D eigenvalue weighted by atomic mass is 10.0. The van der Waals surface area contributed by atoms with E-state index in [4.69, 9.17) is 0 Å². The van der Waals surface area contributed by atoms with Crippen molar-refractivity contribution in [2.24, 2.45) is 5.10 Å². The average Bonchev–Trinajstić information content (AvgIpc) is 3.36. The van der Waals surface area contributed by atoms with Crippen LogP contribution in [0.4, 0.5) is 0 Å². The lowest BCUT2D eigenvalue weighted by Gasteiger charge is -2.09. The van der Waals surface area contributed by atoms with Crippen LogP contribution in [-0.2, 0) is 0 Å². The topological polar surface area (TPSA) is 59.3 Å². The molecule has 5 rings (SSSR count). The summed E-state index contributed by atoms with van der Waals surface area (Å²) in [5.41, 5.74) is 11.1. The van der Waals surface area contributed by atoms with Crippen molar-refractivity contribution in [2.45, 2.75) is 13.8 Å². The quantitative estimate of drug-likeness (QED) is 0.225. The standard InChI is InChI=1S/C31H26N4O/c1-22-8-12-24(13-9-22)21-32-33-31(36)29-20-30(35(34-29)28-18-10-23(2)11-19-28)27-16-14-26(15-17-27)25-6-4-3-5-7-25/h3-21H,1-2H3,(H,33,36)/b32-21-. The van der Waals surface area contributed by atoms with Gasteiger partial charge in [0, 0.05) is 5.56 Å². The molecule has 0 aliphatic rings. The van der Waals surface area contributed by atoms with Crippen molar-refractivity contribution < 1.29 is 4.79 Å². The number of nitrogens with one attached hydrogen (secondary N) is 1. The van der Waals surface area contributed by atoms with E-state index in [9.17, 15) is 4.79 Å². The van der Waals surface area contributed by atoms with E-state index in [2.05, 4.69) is 52.0 Å². The monoisotopic (exact) mass is 470 g/mol. The maximum absolute atomic E-state index is 12.9. The van der Waals surface area contributed by atoms with Gasteiger partial charge in [-0.3, -0.25) is 4.79 Å². The van der Waals surface area contributed by atoms with Crippen LogP contribution in [0, 0.1) is 13.8 Å². The average molecular weight is 471 g/mol. The van der Waals surface area contributed by atoms with Gasteiger partial charge in [0.05, 0.1) is 17.6 Å². The Hall–Kier alpha value is -4.77. The predicted octanol–water partition coefficient (Wildman–Crippen LogP) is 6.59. The summed E-state index contributed by atoms with van der Waals surface area (Å²) in [6, 6.07) is 36.3. The van der Waals surface area contributed by atoms with E-state index in [1.807, 2.05) is 80.6 Å². The predicted molar refractivity (Wildman–Crippen MR) is 145 cm³/mol. The van der Waals surface area contributed by atoms with Crippen molar-refractivity contribution in [3.05, 3.63) is 132 Å². The van der Waals surface area contributed by atoms with Crippen molar-refractivity contribution in [1.82, 2.24) is 15.2 Å². The molecule has 1 N–H and O–H groups in total. The Kier molecular flexibility index (Phi) is 6.54. The molecule has 0 aliphatic carbocycles. The fourth-order valence-electron chi connectivity index (χ4n) is 3.92.